The first-order valence-electron chi connectivity index (χ1n) is 9.27. The summed E-state index contributed by atoms with van der Waals surface area (Å²) in [6.45, 7) is 4.55. The van der Waals surface area contributed by atoms with Gasteiger partial charge in [0.25, 0.3) is 0 Å². The zero-order chi connectivity index (χ0) is 19.4. The lowest BCUT2D eigenvalue weighted by molar-refractivity contribution is 0.386. The van der Waals surface area contributed by atoms with Crippen LogP contribution in [0.5, 0.6) is 0 Å². The topological polar surface area (TPSA) is 62.5 Å². The van der Waals surface area contributed by atoms with E-state index in [0.29, 0.717) is 24.9 Å². The number of aliphatic imine (C=N–C) groups is 1. The average molecular weight is 504 g/mol. The van der Waals surface area contributed by atoms with Crippen molar-refractivity contribution in [3.8, 4) is 0 Å². The van der Waals surface area contributed by atoms with Crippen LogP contribution in [0.1, 0.15) is 48.6 Å². The number of benzene rings is 1. The van der Waals surface area contributed by atoms with Crippen LogP contribution in [0.15, 0.2) is 27.6 Å². The lowest BCUT2D eigenvalue weighted by Gasteiger charge is -2.31. The number of rotatable bonds is 5. The molecule has 1 aliphatic rings. The number of hydrogen-bond acceptors (Lipinski definition) is 3. The van der Waals surface area contributed by atoms with E-state index >= 15 is 0 Å². The van der Waals surface area contributed by atoms with Gasteiger partial charge < -0.3 is 15.1 Å². The van der Waals surface area contributed by atoms with Crippen molar-refractivity contribution in [2.24, 2.45) is 4.99 Å². The highest BCUT2D eigenvalue weighted by Gasteiger charge is 2.39. The van der Waals surface area contributed by atoms with Crippen molar-refractivity contribution in [3.05, 3.63) is 52.7 Å². The van der Waals surface area contributed by atoms with Crippen molar-refractivity contribution in [1.82, 2.24) is 15.6 Å². The van der Waals surface area contributed by atoms with Gasteiger partial charge in [0.2, 0.25) is 5.89 Å². The molecule has 1 saturated carbocycles. The van der Waals surface area contributed by atoms with Crippen molar-refractivity contribution in [1.29, 1.82) is 0 Å². The third kappa shape index (κ3) is 4.82. The van der Waals surface area contributed by atoms with Crippen molar-refractivity contribution >= 4 is 29.9 Å². The molecular weight excluding hydrogens is 477 g/mol. The number of nitrogens with zero attached hydrogens (tertiary/aromatic N) is 2. The Labute approximate surface area is 181 Å². The number of oxazole rings is 1. The van der Waals surface area contributed by atoms with Crippen LogP contribution < -0.4 is 10.6 Å². The zero-order valence-corrected chi connectivity index (χ0v) is 18.8. The van der Waals surface area contributed by atoms with Gasteiger partial charge in [-0.3, -0.25) is 4.99 Å². The van der Waals surface area contributed by atoms with Crippen LogP contribution in [-0.2, 0) is 12.0 Å². The standard InChI is InChI=1S/C20H26F2N4O.HI/c1-13-14(2)27-17(26-13)11-24-19(23-3)25-12-20(9-4-5-10-20)18-15(21)7-6-8-16(18)22;/h6-8H,4-5,9-12H2,1-3H3,(H2,23,24,25);1H. The number of nitrogens with one attached hydrogen (secondary N) is 2. The van der Waals surface area contributed by atoms with Gasteiger partial charge in [0.1, 0.15) is 17.4 Å². The summed E-state index contributed by atoms with van der Waals surface area (Å²) in [5, 5.41) is 6.38. The van der Waals surface area contributed by atoms with Crippen LogP contribution in [0.3, 0.4) is 0 Å². The summed E-state index contributed by atoms with van der Waals surface area (Å²) in [6.07, 6.45) is 3.40. The van der Waals surface area contributed by atoms with Gasteiger partial charge in [-0.25, -0.2) is 13.8 Å². The van der Waals surface area contributed by atoms with E-state index in [9.17, 15) is 8.78 Å². The van der Waals surface area contributed by atoms with Gasteiger partial charge in [-0.2, -0.15) is 0 Å². The van der Waals surface area contributed by atoms with Gasteiger partial charge in [-0.15, -0.1) is 24.0 Å². The third-order valence-electron chi connectivity index (χ3n) is 5.35. The summed E-state index contributed by atoms with van der Waals surface area (Å²) in [6, 6.07) is 4.07. The largest absolute Gasteiger partial charge is 0.444 e. The highest BCUT2D eigenvalue weighted by Crippen LogP contribution is 2.42. The minimum Gasteiger partial charge on any atom is -0.444 e. The zero-order valence-electron chi connectivity index (χ0n) is 16.4. The Bertz CT molecular complexity index is 792. The maximum atomic E-state index is 14.4. The quantitative estimate of drug-likeness (QED) is 0.361. The third-order valence-corrected chi connectivity index (χ3v) is 5.35. The van der Waals surface area contributed by atoms with E-state index in [1.54, 1.807) is 7.05 Å². The predicted octanol–water partition coefficient (Wildman–Crippen LogP) is 4.36. The summed E-state index contributed by atoms with van der Waals surface area (Å²) in [5.74, 6) is 0.949. The maximum Gasteiger partial charge on any atom is 0.214 e. The maximum absolute atomic E-state index is 14.4. The minimum absolute atomic E-state index is 0. The predicted molar refractivity (Wildman–Crippen MR) is 116 cm³/mol. The molecule has 0 radical (unpaired) electrons. The van der Waals surface area contributed by atoms with Gasteiger partial charge >= 0.3 is 0 Å². The fourth-order valence-corrected chi connectivity index (χ4v) is 3.82. The van der Waals surface area contributed by atoms with Crippen molar-refractivity contribution in [2.45, 2.75) is 51.5 Å². The first-order chi connectivity index (χ1) is 12.9. The number of aromatic nitrogens is 1. The Morgan fingerprint density at radius 1 is 1.18 bits per heavy atom. The van der Waals surface area contributed by atoms with Gasteiger partial charge in [-0.05, 0) is 38.8 Å². The second kappa shape index (κ2) is 9.67. The fourth-order valence-electron chi connectivity index (χ4n) is 3.82. The molecule has 154 valence electrons. The molecule has 8 heteroatoms. The van der Waals surface area contributed by atoms with Crippen LogP contribution in [0.25, 0.3) is 0 Å². The van der Waals surface area contributed by atoms with Crippen LogP contribution in [-0.4, -0.2) is 24.5 Å². The molecule has 0 spiro atoms. The monoisotopic (exact) mass is 504 g/mol. The van der Waals surface area contributed by atoms with E-state index in [1.807, 2.05) is 13.8 Å². The Morgan fingerprint density at radius 2 is 1.82 bits per heavy atom. The molecule has 0 saturated heterocycles. The van der Waals surface area contributed by atoms with Gasteiger partial charge in [0.15, 0.2) is 5.96 Å². The average Bonchev–Trinajstić information content (AvgIpc) is 3.23. The number of guanidine groups is 1. The van der Waals surface area contributed by atoms with Crippen LogP contribution >= 0.6 is 24.0 Å². The van der Waals surface area contributed by atoms with E-state index in [0.717, 1.165) is 37.1 Å². The van der Waals surface area contributed by atoms with E-state index < -0.39 is 17.0 Å². The first kappa shape index (κ1) is 22.6. The Morgan fingerprint density at radius 3 is 2.36 bits per heavy atom. The molecule has 1 aromatic carbocycles. The Hall–Kier alpha value is -1.71. The summed E-state index contributed by atoms with van der Waals surface area (Å²) in [5.41, 5.74) is 0.475. The lowest BCUT2D eigenvalue weighted by atomic mass is 9.78. The van der Waals surface area contributed by atoms with Gasteiger partial charge in [-0.1, -0.05) is 18.9 Å². The smallest absolute Gasteiger partial charge is 0.214 e. The second-order valence-corrected chi connectivity index (χ2v) is 7.11. The van der Waals surface area contributed by atoms with Crippen LogP contribution in [0.2, 0.25) is 0 Å². The SMILES string of the molecule is CN=C(NCc1nc(C)c(C)o1)NCC1(c2c(F)cccc2F)CCCC1.I. The lowest BCUT2D eigenvalue weighted by Crippen LogP contribution is -2.45. The number of aryl methyl sites for hydroxylation is 2. The normalized spacial score (nSPS) is 16.0. The molecule has 28 heavy (non-hydrogen) atoms. The van der Waals surface area contributed by atoms with E-state index in [2.05, 4.69) is 20.6 Å². The molecule has 3 rings (SSSR count). The molecule has 0 atom stereocenters. The second-order valence-electron chi connectivity index (χ2n) is 7.11. The van der Waals surface area contributed by atoms with Crippen molar-refractivity contribution in [3.63, 3.8) is 0 Å². The van der Waals surface area contributed by atoms with E-state index in [1.165, 1.54) is 18.2 Å². The Kier molecular flexibility index (Phi) is 7.79. The molecule has 2 N–H and O–H groups in total. The number of hydrogen-bond donors (Lipinski definition) is 2. The minimum atomic E-state index is -0.566. The van der Waals surface area contributed by atoms with Gasteiger partial charge in [0.05, 0.1) is 12.2 Å². The first-order valence-corrected chi connectivity index (χ1v) is 9.27. The molecule has 1 aromatic heterocycles. The molecule has 2 aromatic rings. The summed E-state index contributed by atoms with van der Waals surface area (Å²) in [4.78, 5) is 8.53. The molecule has 5 nitrogen and oxygen atoms in total. The van der Waals surface area contributed by atoms with E-state index in [4.69, 9.17) is 4.42 Å². The molecule has 1 fully saturated rings. The summed E-state index contributed by atoms with van der Waals surface area (Å²) in [7, 11) is 1.66. The molecule has 0 aliphatic heterocycles. The van der Waals surface area contributed by atoms with Crippen LogP contribution in [0.4, 0.5) is 8.78 Å². The molecule has 1 heterocycles. The Balaban J connectivity index is 0.00000280. The molecule has 1 aliphatic carbocycles. The van der Waals surface area contributed by atoms with Crippen molar-refractivity contribution in [2.75, 3.05) is 13.6 Å². The summed E-state index contributed by atoms with van der Waals surface area (Å²) >= 11 is 0. The van der Waals surface area contributed by atoms with Gasteiger partial charge in [0, 0.05) is 24.6 Å². The molecule has 0 unspecified atom stereocenters. The molecule has 0 bridgehead atoms. The number of halogens is 3. The fraction of sp³-hybridized carbons (Fsp3) is 0.500. The molecule has 0 amide bonds. The van der Waals surface area contributed by atoms with E-state index in [-0.39, 0.29) is 29.5 Å². The van der Waals surface area contributed by atoms with Crippen LogP contribution in [0, 0.1) is 25.5 Å². The highest BCUT2D eigenvalue weighted by molar-refractivity contribution is 14.0. The highest BCUT2D eigenvalue weighted by atomic mass is 127. The summed E-state index contributed by atoms with van der Waals surface area (Å²) < 4.78 is 34.4. The molecular formula is C20H27F2IN4O. The van der Waals surface area contributed by atoms with Crippen molar-refractivity contribution < 1.29 is 13.2 Å².